The molecule has 0 saturated heterocycles. The van der Waals surface area contributed by atoms with Gasteiger partial charge in [0, 0.05) is 11.5 Å². The molecule has 0 N–H and O–H groups in total. The van der Waals surface area contributed by atoms with Gasteiger partial charge in [0.25, 0.3) is 0 Å². The van der Waals surface area contributed by atoms with Gasteiger partial charge in [-0.1, -0.05) is 22.8 Å². The van der Waals surface area contributed by atoms with Crippen LogP contribution in [0.15, 0.2) is 40.9 Å². The van der Waals surface area contributed by atoms with Crippen molar-refractivity contribution in [3.8, 4) is 17.0 Å². The number of hydrogen-bond acceptors (Lipinski definition) is 4. The van der Waals surface area contributed by atoms with Gasteiger partial charge in [-0.25, -0.2) is 8.78 Å². The Hall–Kier alpha value is -2.73. The van der Waals surface area contributed by atoms with Crippen LogP contribution in [-0.2, 0) is 6.61 Å². The maximum Gasteiger partial charge on any atom is 0.151 e. The minimum atomic E-state index is -0.717. The van der Waals surface area contributed by atoms with E-state index in [9.17, 15) is 13.6 Å². The third-order valence-corrected chi connectivity index (χ3v) is 4.78. The Bertz CT molecular complexity index is 994. The molecule has 0 spiro atoms. The van der Waals surface area contributed by atoms with E-state index >= 15 is 0 Å². The smallest absolute Gasteiger partial charge is 0.151 e. The van der Waals surface area contributed by atoms with Crippen LogP contribution in [0, 0.1) is 11.6 Å². The summed E-state index contributed by atoms with van der Waals surface area (Å²) in [4.78, 5) is 10.9. The lowest BCUT2D eigenvalue weighted by molar-refractivity contribution is 0.112. The molecule has 1 aromatic heterocycles. The zero-order chi connectivity index (χ0) is 19.0. The predicted octanol–water partition coefficient (Wildman–Crippen LogP) is 5.54. The van der Waals surface area contributed by atoms with E-state index in [2.05, 4.69) is 5.16 Å². The van der Waals surface area contributed by atoms with Gasteiger partial charge in [0.1, 0.15) is 35.4 Å². The standard InChI is InChI=1S/C20H14ClF2NO3/c21-15-8-13(7-6-12(15)9-25)26-10-14-19(24-27-20(14)11-4-5-11)18-16(22)2-1-3-17(18)23/h1-3,6-9,11H,4-5,10H2. The lowest BCUT2D eigenvalue weighted by atomic mass is 10.0. The molecule has 4 rings (SSSR count). The van der Waals surface area contributed by atoms with Gasteiger partial charge in [0.05, 0.1) is 16.1 Å². The molecule has 0 atom stereocenters. The molecule has 4 nitrogen and oxygen atoms in total. The molecule has 27 heavy (non-hydrogen) atoms. The zero-order valence-corrected chi connectivity index (χ0v) is 14.8. The number of aldehydes is 1. The second kappa shape index (κ2) is 7.12. The molecule has 2 aromatic carbocycles. The summed E-state index contributed by atoms with van der Waals surface area (Å²) < 4.78 is 39.6. The molecule has 1 heterocycles. The number of rotatable bonds is 6. The summed E-state index contributed by atoms with van der Waals surface area (Å²) in [6.45, 7) is 0.00913. The van der Waals surface area contributed by atoms with Gasteiger partial charge in [-0.3, -0.25) is 4.79 Å². The van der Waals surface area contributed by atoms with Crippen molar-refractivity contribution in [3.05, 3.63) is 69.9 Å². The van der Waals surface area contributed by atoms with E-state index in [0.29, 0.717) is 28.9 Å². The SMILES string of the molecule is O=Cc1ccc(OCc2c(-c3c(F)cccc3F)noc2C2CC2)cc1Cl. The third kappa shape index (κ3) is 3.45. The highest BCUT2D eigenvalue weighted by Crippen LogP contribution is 2.44. The summed E-state index contributed by atoms with van der Waals surface area (Å²) in [6, 6.07) is 8.29. The molecule has 1 aliphatic rings. The van der Waals surface area contributed by atoms with E-state index in [1.807, 2.05) is 0 Å². The van der Waals surface area contributed by atoms with Crippen LogP contribution < -0.4 is 4.74 Å². The number of halogens is 3. The Labute approximate surface area is 158 Å². The Kier molecular flexibility index (Phi) is 4.66. The van der Waals surface area contributed by atoms with Gasteiger partial charge in [-0.15, -0.1) is 0 Å². The molecule has 0 aliphatic heterocycles. The minimum Gasteiger partial charge on any atom is -0.489 e. The van der Waals surface area contributed by atoms with Crippen molar-refractivity contribution in [3.63, 3.8) is 0 Å². The molecule has 1 aliphatic carbocycles. The summed E-state index contributed by atoms with van der Waals surface area (Å²) in [5.74, 6) is -0.243. The van der Waals surface area contributed by atoms with Crippen molar-refractivity contribution >= 4 is 17.9 Å². The first kappa shape index (κ1) is 17.7. The van der Waals surface area contributed by atoms with E-state index in [-0.39, 0.29) is 28.8 Å². The summed E-state index contributed by atoms with van der Waals surface area (Å²) >= 11 is 6.01. The number of aromatic nitrogens is 1. The monoisotopic (exact) mass is 389 g/mol. The number of nitrogens with zero attached hydrogens (tertiary/aromatic N) is 1. The van der Waals surface area contributed by atoms with Gasteiger partial charge < -0.3 is 9.26 Å². The number of carbonyl (C=O) groups is 1. The van der Waals surface area contributed by atoms with Crippen LogP contribution in [0.25, 0.3) is 11.3 Å². The van der Waals surface area contributed by atoms with Gasteiger partial charge in [0.15, 0.2) is 6.29 Å². The summed E-state index contributed by atoms with van der Waals surface area (Å²) in [6.07, 6.45) is 2.51. The molecular formula is C20H14ClF2NO3. The highest BCUT2D eigenvalue weighted by molar-refractivity contribution is 6.33. The predicted molar refractivity (Wildman–Crippen MR) is 95.0 cm³/mol. The fourth-order valence-electron chi connectivity index (χ4n) is 2.90. The lowest BCUT2D eigenvalue weighted by Gasteiger charge is -2.09. The fourth-order valence-corrected chi connectivity index (χ4v) is 3.11. The Morgan fingerprint density at radius 1 is 1.22 bits per heavy atom. The molecule has 138 valence electrons. The van der Waals surface area contributed by atoms with E-state index < -0.39 is 11.6 Å². The summed E-state index contributed by atoms with van der Waals surface area (Å²) in [5, 5.41) is 4.18. The second-order valence-electron chi connectivity index (χ2n) is 6.33. The Morgan fingerprint density at radius 2 is 1.96 bits per heavy atom. The molecule has 0 radical (unpaired) electrons. The molecule has 0 unspecified atom stereocenters. The van der Waals surface area contributed by atoms with Gasteiger partial charge >= 0.3 is 0 Å². The Morgan fingerprint density at radius 3 is 2.59 bits per heavy atom. The molecule has 7 heteroatoms. The van der Waals surface area contributed by atoms with Crippen molar-refractivity contribution in [1.82, 2.24) is 5.16 Å². The van der Waals surface area contributed by atoms with Crippen molar-refractivity contribution in [1.29, 1.82) is 0 Å². The highest BCUT2D eigenvalue weighted by atomic mass is 35.5. The van der Waals surface area contributed by atoms with E-state index in [1.165, 1.54) is 30.3 Å². The van der Waals surface area contributed by atoms with E-state index in [0.717, 1.165) is 12.8 Å². The molecular weight excluding hydrogens is 376 g/mol. The van der Waals surface area contributed by atoms with Crippen molar-refractivity contribution in [2.24, 2.45) is 0 Å². The average molecular weight is 390 g/mol. The van der Waals surface area contributed by atoms with Crippen LogP contribution >= 0.6 is 11.6 Å². The Balaban J connectivity index is 1.68. The second-order valence-corrected chi connectivity index (χ2v) is 6.74. The molecule has 3 aromatic rings. The lowest BCUT2D eigenvalue weighted by Crippen LogP contribution is -2.01. The molecule has 1 saturated carbocycles. The van der Waals surface area contributed by atoms with Gasteiger partial charge in [0.2, 0.25) is 0 Å². The van der Waals surface area contributed by atoms with Crippen LogP contribution in [0.3, 0.4) is 0 Å². The van der Waals surface area contributed by atoms with Crippen LogP contribution in [0.1, 0.15) is 40.4 Å². The van der Waals surface area contributed by atoms with Gasteiger partial charge in [-0.05, 0) is 43.2 Å². The largest absolute Gasteiger partial charge is 0.489 e. The first-order valence-corrected chi connectivity index (χ1v) is 8.76. The van der Waals surface area contributed by atoms with Crippen LogP contribution in [0.4, 0.5) is 8.78 Å². The average Bonchev–Trinajstić information content (AvgIpc) is 3.41. The first-order valence-electron chi connectivity index (χ1n) is 8.39. The van der Waals surface area contributed by atoms with Crippen molar-refractivity contribution < 1.29 is 22.8 Å². The van der Waals surface area contributed by atoms with Crippen molar-refractivity contribution in [2.45, 2.75) is 25.4 Å². The number of hydrogen-bond donors (Lipinski definition) is 0. The zero-order valence-electron chi connectivity index (χ0n) is 14.0. The highest BCUT2D eigenvalue weighted by Gasteiger charge is 2.34. The first-order chi connectivity index (χ1) is 13.1. The maximum atomic E-state index is 14.2. The van der Waals surface area contributed by atoms with E-state index in [4.69, 9.17) is 20.9 Å². The number of carbonyl (C=O) groups excluding carboxylic acids is 1. The summed E-state index contributed by atoms with van der Waals surface area (Å²) in [5.41, 5.74) is 0.725. The van der Waals surface area contributed by atoms with E-state index in [1.54, 1.807) is 6.07 Å². The van der Waals surface area contributed by atoms with Crippen LogP contribution in [-0.4, -0.2) is 11.4 Å². The third-order valence-electron chi connectivity index (χ3n) is 4.45. The maximum absolute atomic E-state index is 14.2. The van der Waals surface area contributed by atoms with Crippen LogP contribution in [0.5, 0.6) is 5.75 Å². The van der Waals surface area contributed by atoms with Crippen molar-refractivity contribution in [2.75, 3.05) is 0 Å². The molecule has 0 amide bonds. The molecule has 1 fully saturated rings. The van der Waals surface area contributed by atoms with Gasteiger partial charge in [-0.2, -0.15) is 0 Å². The molecule has 0 bridgehead atoms. The fraction of sp³-hybridized carbons (Fsp3) is 0.200. The topological polar surface area (TPSA) is 52.3 Å². The quantitative estimate of drug-likeness (QED) is 0.519. The normalized spacial score (nSPS) is 13.6. The van der Waals surface area contributed by atoms with Crippen LogP contribution in [0.2, 0.25) is 5.02 Å². The summed E-state index contributed by atoms with van der Waals surface area (Å²) in [7, 11) is 0. The number of ether oxygens (including phenoxy) is 1. The minimum absolute atomic E-state index is 0.00913. The number of benzene rings is 2.